The van der Waals surface area contributed by atoms with Gasteiger partial charge in [0.2, 0.25) is 0 Å². The summed E-state index contributed by atoms with van der Waals surface area (Å²) in [6.07, 6.45) is 7.21. The summed E-state index contributed by atoms with van der Waals surface area (Å²) in [6, 6.07) is 7.30. The minimum atomic E-state index is -0.360. The van der Waals surface area contributed by atoms with Crippen LogP contribution in [0.15, 0.2) is 24.3 Å². The van der Waals surface area contributed by atoms with E-state index in [2.05, 4.69) is 34.8 Å². The Bertz CT molecular complexity index is 904. The average molecular weight is 888 g/mol. The van der Waals surface area contributed by atoms with E-state index in [-0.39, 0.29) is 12.6 Å². The number of anilines is 1. The summed E-state index contributed by atoms with van der Waals surface area (Å²) >= 11 is 2.42. The molecule has 0 unspecified atom stereocenters. The van der Waals surface area contributed by atoms with Crippen LogP contribution in [-0.4, -0.2) is 169 Å². The van der Waals surface area contributed by atoms with Crippen molar-refractivity contribution in [3.8, 4) is 0 Å². The first kappa shape index (κ1) is 50.8. The topological polar surface area (TPSA) is 140 Å². The van der Waals surface area contributed by atoms with Crippen LogP contribution in [0.4, 0.5) is 5.69 Å². The third-order valence-electron chi connectivity index (χ3n) is 7.33. The molecule has 0 aliphatic heterocycles. The van der Waals surface area contributed by atoms with Crippen LogP contribution in [0.1, 0.15) is 55.8 Å². The Kier molecular flexibility index (Phi) is 40.4. The van der Waals surface area contributed by atoms with Crippen molar-refractivity contribution in [1.29, 1.82) is 0 Å². The summed E-state index contributed by atoms with van der Waals surface area (Å²) in [5.74, 6) is -0.360. The highest BCUT2D eigenvalue weighted by atomic mass is 127. The number of carbonyl (C=O) groups excluding carboxylic acids is 1. The standard InChI is InChI=1S/C39H70INO13/c1-2-3-13-41-38-10-8-37(9-11-38)39(42)54-36-35-53-34-33-52-32-31-51-30-29-50-28-27-49-26-25-48-24-23-47-22-21-46-20-19-45-18-17-44-16-15-43-14-7-5-4-6-12-40/h8-11,41H,2-7,12-36H2,1H3. The first-order valence-electron chi connectivity index (χ1n) is 19.7. The highest BCUT2D eigenvalue weighted by molar-refractivity contribution is 14.1. The molecule has 1 aromatic carbocycles. The molecule has 0 radical (unpaired) electrons. The first-order valence-corrected chi connectivity index (χ1v) is 21.2. The summed E-state index contributed by atoms with van der Waals surface area (Å²) in [7, 11) is 0. The van der Waals surface area contributed by atoms with Gasteiger partial charge < -0.3 is 62.2 Å². The van der Waals surface area contributed by atoms with E-state index >= 15 is 0 Å². The number of benzene rings is 1. The number of carbonyl (C=O) groups is 1. The van der Waals surface area contributed by atoms with E-state index in [4.69, 9.17) is 56.8 Å². The minimum Gasteiger partial charge on any atom is -0.460 e. The van der Waals surface area contributed by atoms with Crippen molar-refractivity contribution >= 4 is 34.2 Å². The lowest BCUT2D eigenvalue weighted by atomic mass is 10.2. The molecule has 0 fully saturated rings. The third kappa shape index (κ3) is 36.4. The van der Waals surface area contributed by atoms with E-state index in [1.54, 1.807) is 12.1 Å². The lowest BCUT2D eigenvalue weighted by Gasteiger charge is -2.09. The van der Waals surface area contributed by atoms with Crippen LogP contribution in [0.5, 0.6) is 0 Å². The fourth-order valence-electron chi connectivity index (χ4n) is 4.36. The molecule has 0 saturated carbocycles. The Balaban J connectivity index is 1.67. The molecule has 1 N–H and O–H groups in total. The molecule has 14 nitrogen and oxygen atoms in total. The van der Waals surface area contributed by atoms with E-state index in [1.807, 2.05) is 12.1 Å². The Hall–Kier alpha value is -1.22. The second kappa shape index (κ2) is 42.9. The molecular formula is C39H70INO13. The predicted molar refractivity (Wildman–Crippen MR) is 216 cm³/mol. The van der Waals surface area contributed by atoms with Gasteiger partial charge in [-0.05, 0) is 48.0 Å². The van der Waals surface area contributed by atoms with E-state index in [9.17, 15) is 4.79 Å². The molecule has 0 aliphatic carbocycles. The highest BCUT2D eigenvalue weighted by Gasteiger charge is 2.07. The number of unbranched alkanes of at least 4 members (excludes halogenated alkanes) is 4. The molecule has 0 amide bonds. The number of rotatable bonds is 44. The van der Waals surface area contributed by atoms with Crippen LogP contribution < -0.4 is 5.32 Å². The zero-order chi connectivity index (χ0) is 38.7. The molecule has 1 rings (SSSR count). The lowest BCUT2D eigenvalue weighted by molar-refractivity contribution is -0.0280. The monoisotopic (exact) mass is 887 g/mol. The quantitative estimate of drug-likeness (QED) is 0.0396. The fraction of sp³-hybridized carbons (Fsp3) is 0.821. The Morgan fingerprint density at radius 2 is 0.778 bits per heavy atom. The van der Waals surface area contributed by atoms with Crippen molar-refractivity contribution in [1.82, 2.24) is 0 Å². The van der Waals surface area contributed by atoms with Crippen LogP contribution in [0.25, 0.3) is 0 Å². The molecule has 0 aliphatic rings. The number of esters is 1. The van der Waals surface area contributed by atoms with Crippen LogP contribution in [-0.2, 0) is 56.8 Å². The number of ether oxygens (including phenoxy) is 12. The summed E-state index contributed by atoms with van der Waals surface area (Å²) < 4.78 is 67.0. The smallest absolute Gasteiger partial charge is 0.338 e. The molecule has 0 atom stereocenters. The third-order valence-corrected chi connectivity index (χ3v) is 8.10. The van der Waals surface area contributed by atoms with Crippen molar-refractivity contribution in [2.75, 3.05) is 168 Å². The van der Waals surface area contributed by atoms with E-state index in [1.165, 1.54) is 23.7 Å². The SMILES string of the molecule is CCCCNc1ccc(C(=O)OCCOCCOCCOCCOCCOCCOCCOCCOCCOCCOCCOCCCCCCI)cc1. The zero-order valence-electron chi connectivity index (χ0n) is 32.9. The van der Waals surface area contributed by atoms with E-state index in [0.29, 0.717) is 144 Å². The molecule has 0 spiro atoms. The van der Waals surface area contributed by atoms with Gasteiger partial charge in [-0.1, -0.05) is 48.8 Å². The lowest BCUT2D eigenvalue weighted by Crippen LogP contribution is -2.15. The van der Waals surface area contributed by atoms with Gasteiger partial charge in [-0.15, -0.1) is 0 Å². The minimum absolute atomic E-state index is 0.190. The van der Waals surface area contributed by atoms with Crippen LogP contribution in [0, 0.1) is 0 Å². The summed E-state index contributed by atoms with van der Waals surface area (Å²) in [5.41, 5.74) is 1.52. The van der Waals surface area contributed by atoms with Gasteiger partial charge in [0.05, 0.1) is 144 Å². The molecule has 54 heavy (non-hydrogen) atoms. The molecule has 1 aromatic rings. The van der Waals surface area contributed by atoms with Gasteiger partial charge in [0.1, 0.15) is 6.61 Å². The van der Waals surface area contributed by atoms with Gasteiger partial charge in [-0.3, -0.25) is 0 Å². The highest BCUT2D eigenvalue weighted by Crippen LogP contribution is 2.11. The van der Waals surface area contributed by atoms with Crippen molar-refractivity contribution < 1.29 is 61.6 Å². The number of halogens is 1. The Labute approximate surface area is 338 Å². The van der Waals surface area contributed by atoms with Crippen molar-refractivity contribution in [3.63, 3.8) is 0 Å². The van der Waals surface area contributed by atoms with Crippen molar-refractivity contribution in [2.24, 2.45) is 0 Å². The normalized spacial score (nSPS) is 11.4. The molecule has 15 heteroatoms. The van der Waals surface area contributed by atoms with Crippen LogP contribution in [0.3, 0.4) is 0 Å². The average Bonchev–Trinajstić information content (AvgIpc) is 3.19. The molecule has 0 heterocycles. The fourth-order valence-corrected chi connectivity index (χ4v) is 4.90. The molecule has 0 bridgehead atoms. The summed E-state index contributed by atoms with van der Waals surface area (Å²) in [4.78, 5) is 12.1. The van der Waals surface area contributed by atoms with Crippen molar-refractivity contribution in [2.45, 2.75) is 45.4 Å². The Morgan fingerprint density at radius 1 is 0.444 bits per heavy atom. The van der Waals surface area contributed by atoms with Crippen molar-refractivity contribution in [3.05, 3.63) is 29.8 Å². The van der Waals surface area contributed by atoms with E-state index < -0.39 is 0 Å². The van der Waals surface area contributed by atoms with Gasteiger partial charge in [-0.2, -0.15) is 0 Å². The first-order chi connectivity index (χ1) is 26.8. The van der Waals surface area contributed by atoms with Gasteiger partial charge in [0.25, 0.3) is 0 Å². The second-order valence-corrected chi connectivity index (χ2v) is 12.9. The predicted octanol–water partition coefficient (Wildman–Crippen LogP) is 5.23. The number of nitrogens with one attached hydrogen (secondary N) is 1. The maximum atomic E-state index is 12.1. The Morgan fingerprint density at radius 3 is 1.13 bits per heavy atom. The van der Waals surface area contributed by atoms with Gasteiger partial charge >= 0.3 is 5.97 Å². The number of alkyl halides is 1. The molecule has 316 valence electrons. The number of hydrogen-bond acceptors (Lipinski definition) is 14. The molecule has 0 saturated heterocycles. The van der Waals surface area contributed by atoms with Gasteiger partial charge in [-0.25, -0.2) is 4.79 Å². The largest absolute Gasteiger partial charge is 0.460 e. The zero-order valence-corrected chi connectivity index (χ0v) is 35.1. The maximum Gasteiger partial charge on any atom is 0.338 e. The second-order valence-electron chi connectivity index (χ2n) is 11.8. The van der Waals surface area contributed by atoms with E-state index in [0.717, 1.165) is 38.1 Å². The molecular weight excluding hydrogens is 817 g/mol. The van der Waals surface area contributed by atoms with Crippen LogP contribution >= 0.6 is 22.6 Å². The summed E-state index contributed by atoms with van der Waals surface area (Å²) in [5, 5.41) is 3.32. The van der Waals surface area contributed by atoms with Gasteiger partial charge in [0.15, 0.2) is 0 Å². The summed E-state index contributed by atoms with van der Waals surface area (Å²) in [6.45, 7) is 14.6. The molecule has 0 aromatic heterocycles. The number of hydrogen-bond donors (Lipinski definition) is 1. The van der Waals surface area contributed by atoms with Gasteiger partial charge in [0, 0.05) is 18.8 Å². The maximum absolute atomic E-state index is 12.1. The van der Waals surface area contributed by atoms with Crippen LogP contribution in [0.2, 0.25) is 0 Å².